The summed E-state index contributed by atoms with van der Waals surface area (Å²) in [5, 5.41) is 3.42. The lowest BCUT2D eigenvalue weighted by Gasteiger charge is -2.22. The molecule has 1 atom stereocenters. The van der Waals surface area contributed by atoms with Gasteiger partial charge < -0.3 is 14.6 Å². The molecule has 2 heterocycles. The zero-order valence-electron chi connectivity index (χ0n) is 11.3. The van der Waals surface area contributed by atoms with Crippen molar-refractivity contribution in [2.45, 2.75) is 19.9 Å². The molecule has 0 saturated carbocycles. The Labute approximate surface area is 107 Å². The fourth-order valence-electron chi connectivity index (χ4n) is 1.92. The number of anilines is 1. The molecule has 2 aromatic rings. The number of nitrogens with one attached hydrogen (secondary N) is 1. The minimum absolute atomic E-state index is 0.232. The molecule has 0 spiro atoms. The minimum atomic E-state index is 0.232. The van der Waals surface area contributed by atoms with Gasteiger partial charge in [-0.3, -0.25) is 0 Å². The normalized spacial score (nSPS) is 13.2. The Morgan fingerprint density at radius 2 is 2.17 bits per heavy atom. The van der Waals surface area contributed by atoms with Gasteiger partial charge in [-0.1, -0.05) is 13.8 Å². The van der Waals surface area contributed by atoms with E-state index < -0.39 is 0 Å². The average Bonchev–Trinajstić information content (AvgIpc) is 2.72. The standard InChI is InChI=1S/C13H20N4O/c1-9(2)10(7-18-4)16-13-12-11(5-6-14-13)17(3)8-15-12/h5-6,8-10H,7H2,1-4H3,(H,14,16). The summed E-state index contributed by atoms with van der Waals surface area (Å²) >= 11 is 0. The molecule has 18 heavy (non-hydrogen) atoms. The molecule has 5 nitrogen and oxygen atoms in total. The van der Waals surface area contributed by atoms with Gasteiger partial charge in [0.05, 0.1) is 24.5 Å². The fourth-order valence-corrected chi connectivity index (χ4v) is 1.92. The molecule has 0 aromatic carbocycles. The van der Waals surface area contributed by atoms with E-state index in [1.54, 1.807) is 19.6 Å². The molecule has 2 aromatic heterocycles. The summed E-state index contributed by atoms with van der Waals surface area (Å²) in [5.74, 6) is 1.29. The summed E-state index contributed by atoms with van der Waals surface area (Å²) in [6.45, 7) is 4.98. The number of aryl methyl sites for hydroxylation is 1. The van der Waals surface area contributed by atoms with Crippen LogP contribution in [0.2, 0.25) is 0 Å². The molecule has 5 heteroatoms. The number of methoxy groups -OCH3 is 1. The van der Waals surface area contributed by atoms with Crippen molar-refractivity contribution in [1.82, 2.24) is 14.5 Å². The van der Waals surface area contributed by atoms with Gasteiger partial charge in [0.1, 0.15) is 5.52 Å². The monoisotopic (exact) mass is 248 g/mol. The molecule has 2 rings (SSSR count). The Kier molecular flexibility index (Phi) is 3.81. The van der Waals surface area contributed by atoms with E-state index >= 15 is 0 Å². The van der Waals surface area contributed by atoms with Gasteiger partial charge in [-0.15, -0.1) is 0 Å². The zero-order chi connectivity index (χ0) is 13.1. The third kappa shape index (κ3) is 2.46. The van der Waals surface area contributed by atoms with Crippen LogP contribution >= 0.6 is 0 Å². The first-order chi connectivity index (χ1) is 8.63. The molecule has 0 fully saturated rings. The number of pyridine rings is 1. The maximum absolute atomic E-state index is 5.24. The van der Waals surface area contributed by atoms with Gasteiger partial charge in [0, 0.05) is 20.4 Å². The number of hydrogen-bond acceptors (Lipinski definition) is 4. The molecular formula is C13H20N4O. The predicted molar refractivity (Wildman–Crippen MR) is 72.6 cm³/mol. The summed E-state index contributed by atoms with van der Waals surface area (Å²) in [6, 6.07) is 2.20. The lowest BCUT2D eigenvalue weighted by atomic mass is 10.1. The molecular weight excluding hydrogens is 228 g/mol. The van der Waals surface area contributed by atoms with Crippen molar-refractivity contribution in [3.05, 3.63) is 18.6 Å². The third-order valence-electron chi connectivity index (χ3n) is 3.12. The highest BCUT2D eigenvalue weighted by Gasteiger charge is 2.16. The van der Waals surface area contributed by atoms with Crippen LogP contribution in [0.3, 0.4) is 0 Å². The molecule has 0 amide bonds. The fraction of sp³-hybridized carbons (Fsp3) is 0.538. The van der Waals surface area contributed by atoms with Crippen molar-refractivity contribution in [2.75, 3.05) is 19.0 Å². The van der Waals surface area contributed by atoms with Gasteiger partial charge >= 0.3 is 0 Å². The molecule has 1 unspecified atom stereocenters. The van der Waals surface area contributed by atoms with Crippen LogP contribution in [-0.4, -0.2) is 34.3 Å². The summed E-state index contributed by atoms with van der Waals surface area (Å²) < 4.78 is 7.23. The van der Waals surface area contributed by atoms with Crippen LogP contribution in [0.1, 0.15) is 13.8 Å². The van der Waals surface area contributed by atoms with Crippen molar-refractivity contribution in [3.8, 4) is 0 Å². The molecule has 0 aliphatic carbocycles. The van der Waals surface area contributed by atoms with E-state index in [9.17, 15) is 0 Å². The van der Waals surface area contributed by atoms with Gasteiger partial charge in [-0.25, -0.2) is 9.97 Å². The number of nitrogens with zero attached hydrogens (tertiary/aromatic N) is 3. The van der Waals surface area contributed by atoms with E-state index in [0.717, 1.165) is 16.9 Å². The second-order valence-electron chi connectivity index (χ2n) is 4.83. The minimum Gasteiger partial charge on any atom is -0.383 e. The third-order valence-corrected chi connectivity index (χ3v) is 3.12. The van der Waals surface area contributed by atoms with Gasteiger partial charge in [0.15, 0.2) is 5.82 Å². The summed E-state index contributed by atoms with van der Waals surface area (Å²) in [5.41, 5.74) is 1.98. The Morgan fingerprint density at radius 3 is 2.83 bits per heavy atom. The van der Waals surface area contributed by atoms with E-state index in [2.05, 4.69) is 29.1 Å². The summed E-state index contributed by atoms with van der Waals surface area (Å²) in [7, 11) is 3.69. The Bertz CT molecular complexity index is 521. The number of imidazole rings is 1. The number of hydrogen-bond donors (Lipinski definition) is 1. The van der Waals surface area contributed by atoms with Crippen LogP contribution in [-0.2, 0) is 11.8 Å². The van der Waals surface area contributed by atoms with Crippen LogP contribution in [0, 0.1) is 5.92 Å². The summed E-state index contributed by atoms with van der Waals surface area (Å²) in [6.07, 6.45) is 3.61. The van der Waals surface area contributed by atoms with Crippen LogP contribution < -0.4 is 5.32 Å². The van der Waals surface area contributed by atoms with Crippen molar-refractivity contribution in [3.63, 3.8) is 0 Å². The molecule has 0 aliphatic rings. The quantitative estimate of drug-likeness (QED) is 0.880. The second kappa shape index (κ2) is 5.35. The smallest absolute Gasteiger partial charge is 0.154 e. The number of rotatable bonds is 5. The second-order valence-corrected chi connectivity index (χ2v) is 4.83. The first-order valence-corrected chi connectivity index (χ1v) is 6.15. The largest absolute Gasteiger partial charge is 0.383 e. The van der Waals surface area contributed by atoms with E-state index in [1.165, 1.54) is 0 Å². The van der Waals surface area contributed by atoms with Crippen molar-refractivity contribution in [1.29, 1.82) is 0 Å². The molecule has 98 valence electrons. The number of ether oxygens (including phenoxy) is 1. The van der Waals surface area contributed by atoms with Gasteiger partial charge in [-0.05, 0) is 12.0 Å². The molecule has 1 N–H and O–H groups in total. The van der Waals surface area contributed by atoms with Gasteiger partial charge in [0.2, 0.25) is 0 Å². The highest BCUT2D eigenvalue weighted by molar-refractivity contribution is 5.85. The lowest BCUT2D eigenvalue weighted by Crippen LogP contribution is -2.30. The topological polar surface area (TPSA) is 52.0 Å². The Balaban J connectivity index is 2.30. The maximum atomic E-state index is 5.24. The SMILES string of the molecule is COCC(Nc1nccc2c1ncn2C)C(C)C. The van der Waals surface area contributed by atoms with Crippen molar-refractivity contribution >= 4 is 16.9 Å². The van der Waals surface area contributed by atoms with Gasteiger partial charge in [0.25, 0.3) is 0 Å². The van der Waals surface area contributed by atoms with E-state index in [4.69, 9.17) is 4.74 Å². The lowest BCUT2D eigenvalue weighted by molar-refractivity contribution is 0.171. The molecule has 0 saturated heterocycles. The van der Waals surface area contributed by atoms with Crippen LogP contribution in [0.15, 0.2) is 18.6 Å². The summed E-state index contributed by atoms with van der Waals surface area (Å²) in [4.78, 5) is 8.77. The van der Waals surface area contributed by atoms with Gasteiger partial charge in [-0.2, -0.15) is 0 Å². The highest BCUT2D eigenvalue weighted by atomic mass is 16.5. The average molecular weight is 248 g/mol. The van der Waals surface area contributed by atoms with Crippen molar-refractivity contribution < 1.29 is 4.74 Å². The Hall–Kier alpha value is -1.62. The van der Waals surface area contributed by atoms with Crippen LogP contribution in [0.4, 0.5) is 5.82 Å². The molecule has 0 aliphatic heterocycles. The number of aromatic nitrogens is 3. The van der Waals surface area contributed by atoms with E-state index in [-0.39, 0.29) is 6.04 Å². The Morgan fingerprint density at radius 1 is 1.39 bits per heavy atom. The zero-order valence-corrected chi connectivity index (χ0v) is 11.3. The maximum Gasteiger partial charge on any atom is 0.154 e. The van der Waals surface area contributed by atoms with Crippen LogP contribution in [0.5, 0.6) is 0 Å². The van der Waals surface area contributed by atoms with Crippen LogP contribution in [0.25, 0.3) is 11.0 Å². The highest BCUT2D eigenvalue weighted by Crippen LogP contribution is 2.20. The van der Waals surface area contributed by atoms with E-state index in [0.29, 0.717) is 12.5 Å². The van der Waals surface area contributed by atoms with E-state index in [1.807, 2.05) is 17.7 Å². The molecule has 0 radical (unpaired) electrons. The predicted octanol–water partition coefficient (Wildman–Crippen LogP) is 2.05. The number of fused-ring (bicyclic) bond motifs is 1. The molecule has 0 bridgehead atoms. The first-order valence-electron chi connectivity index (χ1n) is 6.15. The van der Waals surface area contributed by atoms with Crippen molar-refractivity contribution in [2.24, 2.45) is 13.0 Å². The first kappa shape index (κ1) is 12.8.